The molecule has 1 saturated heterocycles. The van der Waals surface area contributed by atoms with Crippen molar-refractivity contribution in [3.63, 3.8) is 0 Å². The fourth-order valence-corrected chi connectivity index (χ4v) is 4.58. The Morgan fingerprint density at radius 2 is 1.97 bits per heavy atom. The highest BCUT2D eigenvalue weighted by atomic mass is 32.2. The number of hydrogen-bond acceptors (Lipinski definition) is 4. The third-order valence-electron chi connectivity index (χ3n) is 4.97. The smallest absolute Gasteiger partial charge is 0.240 e. The molecule has 1 aliphatic rings. The van der Waals surface area contributed by atoms with E-state index in [0.717, 1.165) is 24.9 Å². The number of amides is 1. The van der Waals surface area contributed by atoms with Gasteiger partial charge in [-0.3, -0.25) is 9.69 Å². The quantitative estimate of drug-likeness (QED) is 0.723. The molecule has 1 unspecified atom stereocenters. The zero-order chi connectivity index (χ0) is 20.9. The van der Waals surface area contributed by atoms with Gasteiger partial charge in [0.15, 0.2) is 0 Å². The Balaban J connectivity index is 1.50. The van der Waals surface area contributed by atoms with Gasteiger partial charge in [-0.1, -0.05) is 23.8 Å². The number of piperidine rings is 1. The number of aryl methyl sites for hydroxylation is 1. The normalized spacial score (nSPS) is 17.8. The van der Waals surface area contributed by atoms with Crippen LogP contribution in [0.5, 0.6) is 0 Å². The molecule has 2 aromatic carbocycles. The van der Waals surface area contributed by atoms with Crippen LogP contribution in [0.25, 0.3) is 0 Å². The fraction of sp³-hybridized carbons (Fsp3) is 0.381. The number of rotatable bonds is 7. The molecule has 0 radical (unpaired) electrons. The van der Waals surface area contributed by atoms with Gasteiger partial charge in [-0.05, 0) is 62.6 Å². The molecule has 1 amide bonds. The van der Waals surface area contributed by atoms with Gasteiger partial charge in [0.25, 0.3) is 0 Å². The van der Waals surface area contributed by atoms with E-state index >= 15 is 0 Å². The van der Waals surface area contributed by atoms with Crippen molar-refractivity contribution in [1.82, 2.24) is 9.62 Å². The van der Waals surface area contributed by atoms with Crippen molar-refractivity contribution in [2.75, 3.05) is 31.5 Å². The minimum atomic E-state index is -3.55. The molecule has 1 fully saturated rings. The number of sulfonamides is 1. The Labute approximate surface area is 171 Å². The van der Waals surface area contributed by atoms with Crippen molar-refractivity contribution in [3.8, 4) is 0 Å². The first-order valence-corrected chi connectivity index (χ1v) is 11.1. The van der Waals surface area contributed by atoms with E-state index < -0.39 is 15.8 Å². The lowest BCUT2D eigenvalue weighted by molar-refractivity contribution is -0.117. The molecule has 1 heterocycles. The molecule has 29 heavy (non-hydrogen) atoms. The summed E-state index contributed by atoms with van der Waals surface area (Å²) >= 11 is 0. The second-order valence-electron chi connectivity index (χ2n) is 7.47. The molecular weight excluding hydrogens is 393 g/mol. The molecule has 0 aromatic heterocycles. The van der Waals surface area contributed by atoms with E-state index in [-0.39, 0.29) is 23.3 Å². The number of benzene rings is 2. The molecule has 0 spiro atoms. The Morgan fingerprint density at radius 3 is 2.69 bits per heavy atom. The van der Waals surface area contributed by atoms with E-state index in [1.54, 1.807) is 36.4 Å². The van der Waals surface area contributed by atoms with Crippen LogP contribution in [0.3, 0.4) is 0 Å². The first kappa shape index (κ1) is 21.4. The maximum Gasteiger partial charge on any atom is 0.240 e. The Hall–Kier alpha value is -2.29. The first-order valence-electron chi connectivity index (χ1n) is 9.66. The number of carbonyl (C=O) groups excluding carboxylic acids is 1. The summed E-state index contributed by atoms with van der Waals surface area (Å²) in [5.74, 6) is -0.482. The number of nitrogens with zero attached hydrogens (tertiary/aromatic N) is 1. The Morgan fingerprint density at radius 1 is 1.21 bits per heavy atom. The van der Waals surface area contributed by atoms with Gasteiger partial charge in [-0.15, -0.1) is 0 Å². The van der Waals surface area contributed by atoms with Gasteiger partial charge >= 0.3 is 0 Å². The molecule has 0 bridgehead atoms. The number of carbonyl (C=O) groups is 1. The van der Waals surface area contributed by atoms with Crippen LogP contribution >= 0.6 is 0 Å². The van der Waals surface area contributed by atoms with Gasteiger partial charge in [0, 0.05) is 18.8 Å². The Kier molecular flexibility index (Phi) is 7.00. The largest absolute Gasteiger partial charge is 0.325 e. The maximum absolute atomic E-state index is 13.2. The highest BCUT2D eigenvalue weighted by Crippen LogP contribution is 2.17. The number of likely N-dealkylation sites (tertiary alicyclic amines) is 1. The van der Waals surface area contributed by atoms with Crippen molar-refractivity contribution in [2.45, 2.75) is 24.7 Å². The van der Waals surface area contributed by atoms with Gasteiger partial charge < -0.3 is 5.32 Å². The van der Waals surface area contributed by atoms with Crippen LogP contribution in [-0.2, 0) is 14.8 Å². The SMILES string of the molecule is Cc1ccc(S(=O)(=O)NCC2CCCN(CC(=O)Nc3cccc(F)c3)C2)cc1. The zero-order valence-electron chi connectivity index (χ0n) is 16.4. The van der Waals surface area contributed by atoms with E-state index in [1.807, 2.05) is 11.8 Å². The van der Waals surface area contributed by atoms with Crippen molar-refractivity contribution < 1.29 is 17.6 Å². The third kappa shape index (κ3) is 6.35. The molecule has 1 aliphatic heterocycles. The lowest BCUT2D eigenvalue weighted by atomic mass is 9.98. The summed E-state index contributed by atoms with van der Waals surface area (Å²) in [6.07, 6.45) is 1.79. The van der Waals surface area contributed by atoms with Gasteiger partial charge in [0.1, 0.15) is 5.82 Å². The minimum absolute atomic E-state index is 0.131. The van der Waals surface area contributed by atoms with E-state index in [9.17, 15) is 17.6 Å². The number of nitrogens with one attached hydrogen (secondary N) is 2. The molecule has 1 atom stereocenters. The molecule has 0 saturated carbocycles. The fourth-order valence-electron chi connectivity index (χ4n) is 3.46. The van der Waals surface area contributed by atoms with Crippen LogP contribution in [0.1, 0.15) is 18.4 Å². The molecule has 8 heteroatoms. The molecule has 2 N–H and O–H groups in total. The summed E-state index contributed by atoms with van der Waals surface area (Å²) in [6.45, 7) is 3.84. The third-order valence-corrected chi connectivity index (χ3v) is 6.41. The lowest BCUT2D eigenvalue weighted by Crippen LogP contribution is -2.43. The summed E-state index contributed by atoms with van der Waals surface area (Å²) < 4.78 is 40.8. The second kappa shape index (κ2) is 9.47. The van der Waals surface area contributed by atoms with Crippen LogP contribution in [0, 0.1) is 18.7 Å². The average molecular weight is 420 g/mol. The molecule has 2 aromatic rings. The van der Waals surface area contributed by atoms with Crippen LogP contribution in [0.15, 0.2) is 53.4 Å². The Bertz CT molecular complexity index is 948. The number of anilines is 1. The topological polar surface area (TPSA) is 78.5 Å². The van der Waals surface area contributed by atoms with E-state index in [0.29, 0.717) is 18.8 Å². The monoisotopic (exact) mass is 419 g/mol. The van der Waals surface area contributed by atoms with Crippen molar-refractivity contribution in [1.29, 1.82) is 0 Å². The second-order valence-corrected chi connectivity index (χ2v) is 9.23. The van der Waals surface area contributed by atoms with Crippen molar-refractivity contribution in [2.24, 2.45) is 5.92 Å². The molecule has 3 rings (SSSR count). The summed E-state index contributed by atoms with van der Waals surface area (Å²) in [6, 6.07) is 12.5. The number of halogens is 1. The van der Waals surface area contributed by atoms with E-state index in [4.69, 9.17) is 0 Å². The van der Waals surface area contributed by atoms with E-state index in [2.05, 4.69) is 10.0 Å². The zero-order valence-corrected chi connectivity index (χ0v) is 17.2. The predicted octanol–water partition coefficient (Wildman–Crippen LogP) is 2.76. The highest BCUT2D eigenvalue weighted by molar-refractivity contribution is 7.89. The first-order chi connectivity index (χ1) is 13.8. The lowest BCUT2D eigenvalue weighted by Gasteiger charge is -2.32. The average Bonchev–Trinajstić information content (AvgIpc) is 2.67. The summed E-state index contributed by atoms with van der Waals surface area (Å²) in [5, 5.41) is 2.70. The van der Waals surface area contributed by atoms with E-state index in [1.165, 1.54) is 12.1 Å². The van der Waals surface area contributed by atoms with Crippen molar-refractivity contribution >= 4 is 21.6 Å². The van der Waals surface area contributed by atoms with Crippen LogP contribution in [0.2, 0.25) is 0 Å². The van der Waals surface area contributed by atoms with Gasteiger partial charge in [0.05, 0.1) is 11.4 Å². The number of hydrogen-bond donors (Lipinski definition) is 2. The maximum atomic E-state index is 13.2. The van der Waals surface area contributed by atoms with Crippen molar-refractivity contribution in [3.05, 3.63) is 59.9 Å². The summed E-state index contributed by atoms with van der Waals surface area (Å²) in [4.78, 5) is 14.5. The minimum Gasteiger partial charge on any atom is -0.325 e. The molecule has 0 aliphatic carbocycles. The predicted molar refractivity (Wildman–Crippen MR) is 111 cm³/mol. The van der Waals surface area contributed by atoms with Crippen LogP contribution in [0.4, 0.5) is 10.1 Å². The standard InChI is InChI=1S/C21H26FN3O3S/c1-16-7-9-20(10-8-16)29(27,28)23-13-17-4-3-11-25(14-17)15-21(26)24-19-6-2-5-18(22)12-19/h2,5-10,12,17,23H,3-4,11,13-15H2,1H3,(H,24,26). The molecule has 6 nitrogen and oxygen atoms in total. The summed E-state index contributed by atoms with van der Waals surface area (Å²) in [7, 11) is -3.55. The highest BCUT2D eigenvalue weighted by Gasteiger charge is 2.23. The molecular formula is C21H26FN3O3S. The molecule has 156 valence electrons. The van der Waals surface area contributed by atoms with Crippen LogP contribution < -0.4 is 10.0 Å². The van der Waals surface area contributed by atoms with Crippen LogP contribution in [-0.4, -0.2) is 45.4 Å². The van der Waals surface area contributed by atoms with Gasteiger partial charge in [-0.2, -0.15) is 0 Å². The summed E-state index contributed by atoms with van der Waals surface area (Å²) in [5.41, 5.74) is 1.43. The van der Waals surface area contributed by atoms with Gasteiger partial charge in [0.2, 0.25) is 15.9 Å². The van der Waals surface area contributed by atoms with Gasteiger partial charge in [-0.25, -0.2) is 17.5 Å².